The Bertz CT molecular complexity index is 431. The lowest BCUT2D eigenvalue weighted by Gasteiger charge is -2.31. The number of aliphatic imine (C=N–C) groups is 2. The van der Waals surface area contributed by atoms with Crippen LogP contribution in [0.1, 0.15) is 6.92 Å². The van der Waals surface area contributed by atoms with E-state index in [1.165, 1.54) is 32.7 Å². The van der Waals surface area contributed by atoms with E-state index < -0.39 is 0 Å². The van der Waals surface area contributed by atoms with Gasteiger partial charge < -0.3 is 19.9 Å². The standard InChI is InChI=1S/C10H17ClN4O.C7H16N2/c11-9-10(13-2-1-12-9)14-3-4-15-5-7-16-8-6-15;1-3-9-6-4-8(2)5-7-9/h1-8H2,(H,13,14);3-7H2,1-2H3. The van der Waals surface area contributed by atoms with Crippen LogP contribution in [0.25, 0.3) is 0 Å². The van der Waals surface area contributed by atoms with E-state index in [9.17, 15) is 0 Å². The number of ether oxygens (including phenoxy) is 1. The minimum Gasteiger partial charge on any atom is -0.379 e. The van der Waals surface area contributed by atoms with Crippen molar-refractivity contribution in [3.63, 3.8) is 0 Å². The van der Waals surface area contributed by atoms with Gasteiger partial charge in [-0.25, -0.2) is 0 Å². The molecule has 0 saturated carbocycles. The van der Waals surface area contributed by atoms with Crippen molar-refractivity contribution in [2.24, 2.45) is 9.98 Å². The second-order valence-corrected chi connectivity index (χ2v) is 6.88. The van der Waals surface area contributed by atoms with Crippen molar-refractivity contribution in [3.05, 3.63) is 0 Å². The molecule has 3 heterocycles. The molecule has 3 aliphatic rings. The monoisotopic (exact) mass is 372 g/mol. The first-order chi connectivity index (χ1) is 12.2. The molecule has 0 amide bonds. The molecular weight excluding hydrogens is 340 g/mol. The molecule has 0 radical (unpaired) electrons. The van der Waals surface area contributed by atoms with E-state index in [1.54, 1.807) is 0 Å². The molecule has 3 rings (SSSR count). The quantitative estimate of drug-likeness (QED) is 0.764. The first-order valence-corrected chi connectivity index (χ1v) is 9.76. The van der Waals surface area contributed by atoms with Crippen molar-refractivity contribution in [2.75, 3.05) is 92.3 Å². The van der Waals surface area contributed by atoms with Gasteiger partial charge in [-0.05, 0) is 13.6 Å². The Morgan fingerprint density at radius 2 is 1.68 bits per heavy atom. The highest BCUT2D eigenvalue weighted by Gasteiger charge is 2.12. The van der Waals surface area contributed by atoms with E-state index in [0.717, 1.165) is 51.8 Å². The summed E-state index contributed by atoms with van der Waals surface area (Å²) >= 11 is 5.93. The molecule has 25 heavy (non-hydrogen) atoms. The van der Waals surface area contributed by atoms with Crippen LogP contribution in [0.4, 0.5) is 0 Å². The van der Waals surface area contributed by atoms with Crippen molar-refractivity contribution in [2.45, 2.75) is 6.92 Å². The van der Waals surface area contributed by atoms with Crippen LogP contribution >= 0.6 is 11.6 Å². The number of morpholine rings is 1. The molecule has 3 aliphatic heterocycles. The minimum atomic E-state index is 0.508. The van der Waals surface area contributed by atoms with Gasteiger partial charge in [0.15, 0.2) is 11.0 Å². The molecule has 1 N–H and O–H groups in total. The summed E-state index contributed by atoms with van der Waals surface area (Å²) in [5.74, 6) is 0.737. The van der Waals surface area contributed by atoms with Gasteiger partial charge in [0, 0.05) is 52.4 Å². The number of hydrogen-bond acceptors (Lipinski definition) is 7. The summed E-state index contributed by atoms with van der Waals surface area (Å²) in [6.45, 7) is 15.4. The zero-order valence-corrected chi connectivity index (χ0v) is 16.5. The predicted molar refractivity (Wildman–Crippen MR) is 105 cm³/mol. The van der Waals surface area contributed by atoms with Crippen LogP contribution in [0.15, 0.2) is 9.98 Å². The highest BCUT2D eigenvalue weighted by atomic mass is 35.5. The lowest BCUT2D eigenvalue weighted by Crippen LogP contribution is -2.44. The highest BCUT2D eigenvalue weighted by molar-refractivity contribution is 6.83. The second kappa shape index (κ2) is 11.8. The molecule has 2 fully saturated rings. The Balaban J connectivity index is 0.000000212. The minimum absolute atomic E-state index is 0.508. The molecule has 0 aliphatic carbocycles. The van der Waals surface area contributed by atoms with Crippen LogP contribution in [-0.4, -0.2) is 118 Å². The summed E-state index contributed by atoms with van der Waals surface area (Å²) in [4.78, 5) is 15.7. The molecule has 0 spiro atoms. The summed E-state index contributed by atoms with van der Waals surface area (Å²) in [7, 11) is 2.19. The second-order valence-electron chi connectivity index (χ2n) is 6.52. The Labute approximate surface area is 157 Å². The van der Waals surface area contributed by atoms with Crippen LogP contribution in [0, 0.1) is 0 Å². The number of rotatable bonds is 4. The molecular formula is C17H33ClN6O. The fourth-order valence-corrected chi connectivity index (χ4v) is 3.11. The summed E-state index contributed by atoms with van der Waals surface area (Å²) in [5, 5.41) is 3.73. The summed E-state index contributed by atoms with van der Waals surface area (Å²) in [6, 6.07) is 0. The van der Waals surface area contributed by atoms with Crippen LogP contribution in [0.2, 0.25) is 0 Å². The van der Waals surface area contributed by atoms with Gasteiger partial charge in [0.05, 0.1) is 26.3 Å². The molecule has 144 valence electrons. The number of piperazine rings is 1. The Hall–Kier alpha value is -0.730. The fraction of sp³-hybridized carbons (Fsp3) is 0.882. The lowest BCUT2D eigenvalue weighted by molar-refractivity contribution is 0.0389. The largest absolute Gasteiger partial charge is 0.379 e. The van der Waals surface area contributed by atoms with Gasteiger partial charge >= 0.3 is 0 Å². The van der Waals surface area contributed by atoms with Gasteiger partial charge in [0.1, 0.15) is 0 Å². The first-order valence-electron chi connectivity index (χ1n) is 9.38. The summed E-state index contributed by atoms with van der Waals surface area (Å²) in [5.41, 5.74) is 0. The summed E-state index contributed by atoms with van der Waals surface area (Å²) in [6.07, 6.45) is 0. The maximum absolute atomic E-state index is 5.93. The van der Waals surface area contributed by atoms with E-state index in [2.05, 4.69) is 44.0 Å². The average Bonchev–Trinajstić information content (AvgIpc) is 2.65. The number of nitrogens with zero attached hydrogens (tertiary/aromatic N) is 5. The van der Waals surface area contributed by atoms with Crippen molar-refractivity contribution in [1.82, 2.24) is 20.0 Å². The third-order valence-electron chi connectivity index (χ3n) is 4.68. The van der Waals surface area contributed by atoms with E-state index in [4.69, 9.17) is 16.3 Å². The van der Waals surface area contributed by atoms with Crippen molar-refractivity contribution in [3.8, 4) is 0 Å². The molecule has 0 aromatic rings. The van der Waals surface area contributed by atoms with Crippen LogP contribution in [0.3, 0.4) is 0 Å². The zero-order chi connectivity index (χ0) is 17.9. The summed E-state index contributed by atoms with van der Waals surface area (Å²) < 4.78 is 5.29. The maximum atomic E-state index is 5.93. The third kappa shape index (κ3) is 8.00. The van der Waals surface area contributed by atoms with E-state index in [0.29, 0.717) is 11.7 Å². The molecule has 0 aromatic heterocycles. The molecule has 0 atom stereocenters. The van der Waals surface area contributed by atoms with Crippen molar-refractivity contribution >= 4 is 22.6 Å². The van der Waals surface area contributed by atoms with Gasteiger partial charge in [-0.15, -0.1) is 0 Å². The number of amidine groups is 1. The number of halogens is 1. The number of hydrogen-bond donors (Lipinski definition) is 1. The first kappa shape index (κ1) is 20.6. The number of nitrogens with one attached hydrogen (secondary N) is 1. The number of likely N-dealkylation sites (N-methyl/N-ethyl adjacent to an activating group) is 2. The predicted octanol–water partition coefficient (Wildman–Crippen LogP) is 0.211. The van der Waals surface area contributed by atoms with E-state index in [1.807, 2.05) is 0 Å². The lowest BCUT2D eigenvalue weighted by atomic mass is 10.3. The fourth-order valence-electron chi connectivity index (χ4n) is 2.90. The van der Waals surface area contributed by atoms with E-state index in [-0.39, 0.29) is 0 Å². The smallest absolute Gasteiger partial charge is 0.166 e. The molecule has 0 aromatic carbocycles. The Morgan fingerprint density at radius 1 is 1.00 bits per heavy atom. The topological polar surface area (TPSA) is 55.7 Å². The van der Waals surface area contributed by atoms with Crippen LogP contribution in [0.5, 0.6) is 0 Å². The van der Waals surface area contributed by atoms with E-state index >= 15 is 0 Å². The van der Waals surface area contributed by atoms with Crippen LogP contribution < -0.4 is 5.32 Å². The van der Waals surface area contributed by atoms with Gasteiger partial charge in [0.2, 0.25) is 0 Å². The van der Waals surface area contributed by atoms with Gasteiger partial charge in [-0.2, -0.15) is 0 Å². The maximum Gasteiger partial charge on any atom is 0.166 e. The zero-order valence-electron chi connectivity index (χ0n) is 15.7. The molecule has 8 heteroatoms. The van der Waals surface area contributed by atoms with Gasteiger partial charge in [0.25, 0.3) is 0 Å². The van der Waals surface area contributed by atoms with Crippen molar-refractivity contribution < 1.29 is 4.74 Å². The highest BCUT2D eigenvalue weighted by Crippen LogP contribution is 1.98. The third-order valence-corrected chi connectivity index (χ3v) is 4.98. The van der Waals surface area contributed by atoms with Gasteiger partial charge in [-0.1, -0.05) is 18.5 Å². The van der Waals surface area contributed by atoms with Gasteiger partial charge in [-0.3, -0.25) is 14.9 Å². The SMILES string of the molecule is CCN1CCN(C)CC1.ClC1=NCCN=C1NCCN1CCOCC1. The Morgan fingerprint density at radius 3 is 2.32 bits per heavy atom. The molecule has 0 bridgehead atoms. The molecule has 2 saturated heterocycles. The molecule has 7 nitrogen and oxygen atoms in total. The van der Waals surface area contributed by atoms with Crippen LogP contribution in [-0.2, 0) is 4.74 Å². The molecule has 0 unspecified atom stereocenters. The normalized spacial score (nSPS) is 23.3. The van der Waals surface area contributed by atoms with Crippen molar-refractivity contribution in [1.29, 1.82) is 0 Å². The average molecular weight is 373 g/mol. The Kier molecular flexibility index (Phi) is 9.72.